The van der Waals surface area contributed by atoms with E-state index in [1.54, 1.807) is 6.92 Å². The molecule has 2 amide bonds. The van der Waals surface area contributed by atoms with Crippen LogP contribution in [-0.2, 0) is 9.59 Å². The number of carboxylic acids is 1. The Hall–Kier alpha value is -2.53. The first-order valence-electron chi connectivity index (χ1n) is 15.3. The Bertz CT molecular complexity index is 903. The van der Waals surface area contributed by atoms with Crippen LogP contribution < -0.4 is 16.1 Å². The first-order valence-corrected chi connectivity index (χ1v) is 15.3. The van der Waals surface area contributed by atoms with E-state index in [4.69, 9.17) is 15.2 Å². The van der Waals surface area contributed by atoms with E-state index in [2.05, 4.69) is 10.6 Å². The summed E-state index contributed by atoms with van der Waals surface area (Å²) < 4.78 is 28.0. The third-order valence-electron chi connectivity index (χ3n) is 7.26. The summed E-state index contributed by atoms with van der Waals surface area (Å²) in [4.78, 5) is 34.7. The van der Waals surface area contributed by atoms with Gasteiger partial charge < -0.3 is 25.8 Å². The van der Waals surface area contributed by atoms with Crippen LogP contribution in [0, 0.1) is 17.6 Å². The zero-order valence-corrected chi connectivity index (χ0v) is 24.6. The molecular formula is C30H51BF2N2O6. The molecular weight excluding hydrogens is 533 g/mol. The first-order chi connectivity index (χ1) is 19.6. The van der Waals surface area contributed by atoms with Crippen molar-refractivity contribution in [2.75, 3.05) is 13.1 Å². The lowest BCUT2D eigenvalue weighted by Gasteiger charge is -2.09. The lowest BCUT2D eigenvalue weighted by Crippen LogP contribution is -2.33. The molecule has 1 aromatic carbocycles. The molecule has 0 aliphatic carbocycles. The highest BCUT2D eigenvalue weighted by Crippen LogP contribution is 2.14. The molecule has 234 valence electrons. The van der Waals surface area contributed by atoms with E-state index >= 15 is 0 Å². The molecule has 0 spiro atoms. The van der Waals surface area contributed by atoms with Gasteiger partial charge in [0, 0.05) is 20.9 Å². The molecule has 41 heavy (non-hydrogen) atoms. The molecule has 5 N–H and O–H groups in total. The number of carbonyl (C=O) groups is 3. The second-order valence-electron chi connectivity index (χ2n) is 10.9. The predicted octanol–water partition coefficient (Wildman–Crippen LogP) is 5.09. The molecule has 0 unspecified atom stereocenters. The van der Waals surface area contributed by atoms with Crippen LogP contribution in [-0.4, -0.2) is 53.1 Å². The van der Waals surface area contributed by atoms with Crippen LogP contribution in [0.5, 0.6) is 0 Å². The van der Waals surface area contributed by atoms with Gasteiger partial charge in [-0.25, -0.2) is 8.78 Å². The molecule has 11 heteroatoms. The highest BCUT2D eigenvalue weighted by molar-refractivity contribution is 6.58. The minimum absolute atomic E-state index is 0. The van der Waals surface area contributed by atoms with Crippen molar-refractivity contribution in [3.63, 3.8) is 0 Å². The molecule has 0 fully saturated rings. The normalized spacial score (nSPS) is 11.7. The van der Waals surface area contributed by atoms with Gasteiger partial charge in [-0.1, -0.05) is 84.0 Å². The summed E-state index contributed by atoms with van der Waals surface area (Å²) in [5.74, 6) is -4.11. The van der Waals surface area contributed by atoms with Crippen LogP contribution in [0.25, 0.3) is 0 Å². The SMILES string of the molecule is C[C@@H](CCCCNC(=O)CCCCCCCCCCCCCCCNC(=O)c1c(F)cc(B(O)O)cc1F)C(=O)O.[HH]. The van der Waals surface area contributed by atoms with Gasteiger partial charge in [0.25, 0.3) is 5.91 Å². The summed E-state index contributed by atoms with van der Waals surface area (Å²) in [6.45, 7) is 2.64. The Morgan fingerprint density at radius 1 is 0.756 bits per heavy atom. The summed E-state index contributed by atoms with van der Waals surface area (Å²) >= 11 is 0. The summed E-state index contributed by atoms with van der Waals surface area (Å²) in [6.07, 6.45) is 16.9. The minimum atomic E-state index is -2.01. The van der Waals surface area contributed by atoms with Crippen molar-refractivity contribution < 1.29 is 39.7 Å². The maximum atomic E-state index is 14.0. The Labute approximate surface area is 245 Å². The topological polar surface area (TPSA) is 136 Å². The number of carbonyl (C=O) groups excluding carboxylic acids is 2. The van der Waals surface area contributed by atoms with Crippen molar-refractivity contribution in [3.8, 4) is 0 Å². The molecule has 0 heterocycles. The number of carboxylic acid groups (broad SMARTS) is 1. The number of nitrogens with one attached hydrogen (secondary N) is 2. The van der Waals surface area contributed by atoms with Gasteiger partial charge in [0.15, 0.2) is 0 Å². The number of rotatable bonds is 24. The molecule has 1 rings (SSSR count). The number of halogens is 2. The Balaban J connectivity index is 0.0000168. The van der Waals surface area contributed by atoms with Crippen LogP contribution in [0.2, 0.25) is 0 Å². The lowest BCUT2D eigenvalue weighted by molar-refractivity contribution is -0.141. The Morgan fingerprint density at radius 3 is 1.68 bits per heavy atom. The molecule has 0 aromatic heterocycles. The third-order valence-corrected chi connectivity index (χ3v) is 7.26. The van der Waals surface area contributed by atoms with Crippen LogP contribution in [0.3, 0.4) is 0 Å². The number of hydrogen-bond acceptors (Lipinski definition) is 5. The van der Waals surface area contributed by atoms with E-state index in [9.17, 15) is 23.2 Å². The molecule has 8 nitrogen and oxygen atoms in total. The van der Waals surface area contributed by atoms with Crippen LogP contribution in [0.15, 0.2) is 12.1 Å². The third kappa shape index (κ3) is 17.1. The van der Waals surface area contributed by atoms with E-state index in [0.29, 0.717) is 25.9 Å². The van der Waals surface area contributed by atoms with Gasteiger partial charge in [-0.05, 0) is 43.3 Å². The van der Waals surface area contributed by atoms with Crippen LogP contribution in [0.4, 0.5) is 8.78 Å². The van der Waals surface area contributed by atoms with E-state index in [1.807, 2.05) is 0 Å². The maximum absolute atomic E-state index is 14.0. The van der Waals surface area contributed by atoms with Gasteiger partial charge in [-0.2, -0.15) is 0 Å². The second kappa shape index (κ2) is 22.1. The Morgan fingerprint density at radius 2 is 1.20 bits per heavy atom. The van der Waals surface area contributed by atoms with E-state index in [0.717, 1.165) is 69.9 Å². The van der Waals surface area contributed by atoms with Gasteiger partial charge in [-0.15, -0.1) is 0 Å². The van der Waals surface area contributed by atoms with Crippen molar-refractivity contribution in [1.29, 1.82) is 0 Å². The molecule has 1 aromatic rings. The molecule has 1 atom stereocenters. The van der Waals surface area contributed by atoms with Crippen molar-refractivity contribution in [3.05, 3.63) is 29.3 Å². The average molecular weight is 585 g/mol. The molecule has 0 bridgehead atoms. The molecule has 0 radical (unpaired) electrons. The lowest BCUT2D eigenvalue weighted by atomic mass is 9.79. The van der Waals surface area contributed by atoms with Gasteiger partial charge >= 0.3 is 13.1 Å². The van der Waals surface area contributed by atoms with E-state index in [-0.39, 0.29) is 18.7 Å². The fourth-order valence-corrected chi connectivity index (χ4v) is 4.62. The van der Waals surface area contributed by atoms with Crippen LogP contribution >= 0.6 is 0 Å². The summed E-state index contributed by atoms with van der Waals surface area (Å²) in [6, 6.07) is 1.48. The van der Waals surface area contributed by atoms with Gasteiger partial charge in [0.05, 0.1) is 5.92 Å². The van der Waals surface area contributed by atoms with E-state index < -0.39 is 36.2 Å². The number of amides is 2. The van der Waals surface area contributed by atoms with Gasteiger partial charge in [0.2, 0.25) is 5.91 Å². The summed E-state index contributed by atoms with van der Waals surface area (Å²) in [5, 5.41) is 32.3. The van der Waals surface area contributed by atoms with E-state index in [1.165, 1.54) is 38.5 Å². The number of hydrogen-bond donors (Lipinski definition) is 5. The molecule has 0 aliphatic rings. The van der Waals surface area contributed by atoms with Crippen molar-refractivity contribution in [1.82, 2.24) is 10.6 Å². The zero-order chi connectivity index (χ0) is 30.5. The molecule has 0 saturated heterocycles. The monoisotopic (exact) mass is 584 g/mol. The molecule has 0 saturated carbocycles. The van der Waals surface area contributed by atoms with Crippen molar-refractivity contribution >= 4 is 30.4 Å². The highest BCUT2D eigenvalue weighted by atomic mass is 19.1. The fraction of sp³-hybridized carbons (Fsp3) is 0.700. The average Bonchev–Trinajstić information content (AvgIpc) is 2.91. The standard InChI is InChI=1S/C30H49BF2N2O6.H2/c1-23(30(38)39)17-14-16-19-34-27(36)18-13-11-9-7-5-3-2-4-6-8-10-12-15-20-35-29(37)28-25(32)21-24(31(40)41)22-26(28)33;/h21-23,40-41H,2-20H2,1H3,(H,34,36)(H,35,37)(H,38,39);1H/t23-;/m0./s1. The fourth-order valence-electron chi connectivity index (χ4n) is 4.62. The van der Waals surface area contributed by atoms with Gasteiger partial charge in [-0.3, -0.25) is 14.4 Å². The summed E-state index contributed by atoms with van der Waals surface area (Å²) in [7, 11) is -2.01. The second-order valence-corrected chi connectivity index (χ2v) is 10.9. The minimum Gasteiger partial charge on any atom is -0.481 e. The number of aliphatic carboxylic acids is 1. The molecule has 0 aliphatic heterocycles. The smallest absolute Gasteiger partial charge is 0.481 e. The predicted molar refractivity (Wildman–Crippen MR) is 159 cm³/mol. The number of benzene rings is 1. The first kappa shape index (κ1) is 36.5. The quantitative estimate of drug-likeness (QED) is 0.0849. The zero-order valence-electron chi connectivity index (χ0n) is 24.6. The van der Waals surface area contributed by atoms with Gasteiger partial charge in [0.1, 0.15) is 17.2 Å². The highest BCUT2D eigenvalue weighted by Gasteiger charge is 2.22. The maximum Gasteiger partial charge on any atom is 0.488 e. The summed E-state index contributed by atoms with van der Waals surface area (Å²) in [5.41, 5.74) is -1.06. The van der Waals surface area contributed by atoms with Crippen LogP contribution in [0.1, 0.15) is 128 Å². The van der Waals surface area contributed by atoms with Crippen molar-refractivity contribution in [2.45, 2.75) is 116 Å². The Kier molecular flexibility index (Phi) is 19.7. The largest absolute Gasteiger partial charge is 0.488 e. The van der Waals surface area contributed by atoms with Crippen molar-refractivity contribution in [2.24, 2.45) is 5.92 Å². The number of unbranched alkanes of at least 4 members (excludes halogenated alkanes) is 13.